The van der Waals surface area contributed by atoms with Crippen LogP contribution >= 0.6 is 11.6 Å². The molecule has 0 saturated heterocycles. The number of anilines is 1. The van der Waals surface area contributed by atoms with Gasteiger partial charge in [0.2, 0.25) is 0 Å². The molecule has 0 bridgehead atoms. The average molecular weight is 185 g/mol. The lowest BCUT2D eigenvalue weighted by Crippen LogP contribution is -2.02. The molecule has 0 radical (unpaired) electrons. The van der Waals surface area contributed by atoms with Crippen molar-refractivity contribution in [3.8, 4) is 0 Å². The molecule has 0 unspecified atom stereocenters. The number of nitrogen functional groups attached to an aromatic ring is 1. The molecule has 2 N–H and O–H groups in total. The smallest absolute Gasteiger partial charge is 0.164 e. The minimum atomic E-state index is 0.406. The van der Waals surface area contributed by atoms with Crippen LogP contribution in [0.5, 0.6) is 0 Å². The van der Waals surface area contributed by atoms with Crippen LogP contribution in [-0.4, -0.2) is 16.0 Å². The maximum atomic E-state index is 5.92. The second-order valence-electron chi connectivity index (χ2n) is 2.68. The summed E-state index contributed by atoms with van der Waals surface area (Å²) in [6.45, 7) is 1.40. The van der Waals surface area contributed by atoms with E-state index in [0.29, 0.717) is 17.4 Å². The molecule has 0 atom stereocenters. The molecule has 12 heavy (non-hydrogen) atoms. The summed E-state index contributed by atoms with van der Waals surface area (Å²) < 4.78 is 1.82. The number of fused-ring (bicyclic) bond motifs is 1. The molecule has 5 heteroatoms. The molecule has 2 rings (SSSR count). The topological polar surface area (TPSA) is 56.2 Å². The predicted molar refractivity (Wildman–Crippen MR) is 48.5 cm³/mol. The summed E-state index contributed by atoms with van der Waals surface area (Å²) in [4.78, 5) is 4.16. The van der Waals surface area contributed by atoms with Gasteiger partial charge in [-0.1, -0.05) is 11.6 Å². The minimum Gasteiger partial charge on any atom is -0.381 e. The van der Waals surface area contributed by atoms with Gasteiger partial charge in [-0.15, -0.1) is 0 Å². The summed E-state index contributed by atoms with van der Waals surface area (Å²) in [5.74, 6) is 0.406. The van der Waals surface area contributed by atoms with Gasteiger partial charge in [0, 0.05) is 19.2 Å². The van der Waals surface area contributed by atoms with E-state index in [1.54, 1.807) is 0 Å². The summed E-state index contributed by atoms with van der Waals surface area (Å²) in [6, 6.07) is 0. The van der Waals surface area contributed by atoms with Gasteiger partial charge in [0.05, 0.1) is 12.2 Å². The Balaban J connectivity index is 2.49. The van der Waals surface area contributed by atoms with Crippen LogP contribution in [0.1, 0.15) is 12.1 Å². The number of hydrogen-bond donors (Lipinski definition) is 1. The van der Waals surface area contributed by atoms with Crippen LogP contribution in [0.3, 0.4) is 0 Å². The molecule has 0 aliphatic carbocycles. The standard InChI is InChI=1S/C7H9ClN4/c8-6-5-4-10-2-1-3-12(5)11-7(6)9/h2H,1,3-4H2,(H2,9,11). The first-order chi connectivity index (χ1) is 5.79. The Morgan fingerprint density at radius 3 is 3.25 bits per heavy atom. The lowest BCUT2D eigenvalue weighted by atomic mass is 10.4. The minimum absolute atomic E-state index is 0.406. The lowest BCUT2D eigenvalue weighted by molar-refractivity contribution is 0.618. The van der Waals surface area contributed by atoms with Crippen molar-refractivity contribution in [2.75, 3.05) is 5.73 Å². The van der Waals surface area contributed by atoms with Crippen molar-refractivity contribution in [2.24, 2.45) is 4.99 Å². The van der Waals surface area contributed by atoms with E-state index in [1.807, 2.05) is 10.9 Å². The predicted octanol–water partition coefficient (Wildman–Crippen LogP) is 1.09. The molecule has 0 saturated carbocycles. The van der Waals surface area contributed by atoms with Crippen LogP contribution in [0.4, 0.5) is 5.82 Å². The van der Waals surface area contributed by atoms with E-state index < -0.39 is 0 Å². The van der Waals surface area contributed by atoms with E-state index in [-0.39, 0.29) is 0 Å². The normalized spacial score (nSPS) is 15.8. The zero-order chi connectivity index (χ0) is 8.55. The van der Waals surface area contributed by atoms with Gasteiger partial charge < -0.3 is 5.73 Å². The van der Waals surface area contributed by atoms with Gasteiger partial charge in [0.25, 0.3) is 0 Å². The summed E-state index contributed by atoms with van der Waals surface area (Å²) in [6.07, 6.45) is 2.78. The van der Waals surface area contributed by atoms with Crippen molar-refractivity contribution in [3.05, 3.63) is 10.7 Å². The van der Waals surface area contributed by atoms with E-state index in [1.165, 1.54) is 0 Å². The molecule has 1 aromatic rings. The highest BCUT2D eigenvalue weighted by atomic mass is 35.5. The Labute approximate surface area is 75.0 Å². The zero-order valence-electron chi connectivity index (χ0n) is 6.50. The second-order valence-corrected chi connectivity index (χ2v) is 3.06. The molecule has 0 amide bonds. The van der Waals surface area contributed by atoms with E-state index in [4.69, 9.17) is 17.3 Å². The Morgan fingerprint density at radius 1 is 1.58 bits per heavy atom. The van der Waals surface area contributed by atoms with Gasteiger partial charge in [0.15, 0.2) is 5.82 Å². The molecule has 1 aromatic heterocycles. The van der Waals surface area contributed by atoms with Gasteiger partial charge in [-0.3, -0.25) is 9.67 Å². The number of nitrogens with zero attached hydrogens (tertiary/aromatic N) is 3. The lowest BCUT2D eigenvalue weighted by Gasteiger charge is -1.98. The molecular formula is C7H9ClN4. The highest BCUT2D eigenvalue weighted by Gasteiger charge is 2.14. The van der Waals surface area contributed by atoms with Crippen molar-refractivity contribution in [1.29, 1.82) is 0 Å². The summed E-state index contributed by atoms with van der Waals surface area (Å²) in [5.41, 5.74) is 6.47. The van der Waals surface area contributed by atoms with Crippen molar-refractivity contribution < 1.29 is 0 Å². The highest BCUT2D eigenvalue weighted by molar-refractivity contribution is 6.33. The molecule has 0 spiro atoms. The first-order valence-electron chi connectivity index (χ1n) is 3.78. The Bertz CT molecular complexity index is 328. The second kappa shape index (κ2) is 2.79. The maximum absolute atomic E-state index is 5.92. The third kappa shape index (κ3) is 1.08. The van der Waals surface area contributed by atoms with E-state index in [9.17, 15) is 0 Å². The van der Waals surface area contributed by atoms with Gasteiger partial charge in [-0.2, -0.15) is 5.10 Å². The van der Waals surface area contributed by atoms with Crippen LogP contribution in [0.2, 0.25) is 5.02 Å². The van der Waals surface area contributed by atoms with Crippen LogP contribution in [-0.2, 0) is 13.1 Å². The number of aliphatic imine (C=N–C) groups is 1. The van der Waals surface area contributed by atoms with E-state index in [2.05, 4.69) is 10.1 Å². The molecule has 64 valence electrons. The molecule has 0 fully saturated rings. The van der Waals surface area contributed by atoms with Gasteiger partial charge >= 0.3 is 0 Å². The number of nitrogens with two attached hydrogens (primary N) is 1. The quantitative estimate of drug-likeness (QED) is 0.657. The van der Waals surface area contributed by atoms with Crippen LogP contribution in [0, 0.1) is 0 Å². The Morgan fingerprint density at radius 2 is 2.42 bits per heavy atom. The number of rotatable bonds is 0. The van der Waals surface area contributed by atoms with Crippen LogP contribution < -0.4 is 5.73 Å². The van der Waals surface area contributed by atoms with Gasteiger partial charge in [0.1, 0.15) is 5.02 Å². The average Bonchev–Trinajstić information content (AvgIpc) is 2.30. The van der Waals surface area contributed by atoms with Crippen LogP contribution in [0.15, 0.2) is 4.99 Å². The first kappa shape index (κ1) is 7.61. The summed E-state index contributed by atoms with van der Waals surface area (Å²) >= 11 is 5.92. The number of aromatic nitrogens is 2. The Hall–Kier alpha value is -1.03. The SMILES string of the molecule is Nc1nn2c(c1Cl)CN=CCC2. The molecular weight excluding hydrogens is 176 g/mol. The number of hydrogen-bond acceptors (Lipinski definition) is 3. The third-order valence-electron chi connectivity index (χ3n) is 1.86. The maximum Gasteiger partial charge on any atom is 0.164 e. The largest absolute Gasteiger partial charge is 0.381 e. The van der Waals surface area contributed by atoms with Gasteiger partial charge in [-0.25, -0.2) is 0 Å². The highest BCUT2D eigenvalue weighted by Crippen LogP contribution is 2.24. The zero-order valence-corrected chi connectivity index (χ0v) is 7.25. The summed E-state index contributed by atoms with van der Waals surface area (Å²) in [5, 5.41) is 4.64. The van der Waals surface area contributed by atoms with Crippen molar-refractivity contribution in [2.45, 2.75) is 19.5 Å². The molecule has 2 heterocycles. The van der Waals surface area contributed by atoms with Crippen molar-refractivity contribution in [3.63, 3.8) is 0 Å². The fourth-order valence-corrected chi connectivity index (χ4v) is 1.45. The fourth-order valence-electron chi connectivity index (χ4n) is 1.25. The molecule has 4 nitrogen and oxygen atoms in total. The van der Waals surface area contributed by atoms with Crippen LogP contribution in [0.25, 0.3) is 0 Å². The van der Waals surface area contributed by atoms with Gasteiger partial charge in [-0.05, 0) is 0 Å². The van der Waals surface area contributed by atoms with E-state index >= 15 is 0 Å². The van der Waals surface area contributed by atoms with Crippen molar-refractivity contribution >= 4 is 23.6 Å². The van der Waals surface area contributed by atoms with Crippen molar-refractivity contribution in [1.82, 2.24) is 9.78 Å². The first-order valence-corrected chi connectivity index (χ1v) is 4.16. The summed E-state index contributed by atoms with van der Waals surface area (Å²) in [7, 11) is 0. The fraction of sp³-hybridized carbons (Fsp3) is 0.429. The molecule has 1 aliphatic heterocycles. The number of halogens is 1. The van der Waals surface area contributed by atoms with E-state index in [0.717, 1.165) is 18.7 Å². The Kier molecular flexibility index (Phi) is 1.77. The number of aryl methyl sites for hydroxylation is 1. The molecule has 1 aliphatic rings. The molecule has 0 aromatic carbocycles. The monoisotopic (exact) mass is 184 g/mol. The third-order valence-corrected chi connectivity index (χ3v) is 2.27.